The molecule has 1 N–H and O–H groups in total. The zero-order valence-electron chi connectivity index (χ0n) is 14.5. The third-order valence-electron chi connectivity index (χ3n) is 5.06. The van der Waals surface area contributed by atoms with Crippen LogP contribution in [0.25, 0.3) is 0 Å². The minimum Gasteiger partial charge on any atom is -0.490 e. The molecule has 0 saturated carbocycles. The molecule has 0 radical (unpaired) electrons. The van der Waals surface area contributed by atoms with E-state index in [1.807, 2.05) is 19.1 Å². The van der Waals surface area contributed by atoms with Crippen molar-refractivity contribution in [1.82, 2.24) is 4.90 Å². The molecule has 6 heteroatoms. The van der Waals surface area contributed by atoms with Crippen LogP contribution in [0.2, 0.25) is 0 Å². The van der Waals surface area contributed by atoms with Crippen LogP contribution >= 0.6 is 0 Å². The van der Waals surface area contributed by atoms with E-state index in [1.54, 1.807) is 17.0 Å². The molecule has 0 spiro atoms. The van der Waals surface area contributed by atoms with E-state index in [0.717, 1.165) is 31.8 Å². The largest absolute Gasteiger partial charge is 0.490 e. The van der Waals surface area contributed by atoms with Crippen molar-refractivity contribution in [2.75, 3.05) is 19.8 Å². The molecule has 2 heterocycles. The minimum atomic E-state index is -0.829. The Morgan fingerprint density at radius 2 is 1.80 bits per heavy atom. The highest BCUT2D eigenvalue weighted by molar-refractivity contribution is 5.95. The fraction of sp³-hybridized carbons (Fsp3) is 0.579. The van der Waals surface area contributed by atoms with Crippen LogP contribution in [-0.4, -0.2) is 53.8 Å². The monoisotopic (exact) mass is 347 g/mol. The highest BCUT2D eigenvalue weighted by atomic mass is 16.5. The molecule has 1 amide bonds. The van der Waals surface area contributed by atoms with Gasteiger partial charge in [0.2, 0.25) is 0 Å². The molecule has 2 aliphatic rings. The lowest BCUT2D eigenvalue weighted by molar-refractivity contribution is -0.143. The Morgan fingerprint density at radius 3 is 2.44 bits per heavy atom. The van der Waals surface area contributed by atoms with E-state index in [2.05, 4.69) is 0 Å². The Kier molecular flexibility index (Phi) is 5.58. The van der Waals surface area contributed by atoms with Crippen LogP contribution in [0.4, 0.5) is 0 Å². The van der Waals surface area contributed by atoms with Crippen molar-refractivity contribution in [1.29, 1.82) is 0 Å². The summed E-state index contributed by atoms with van der Waals surface area (Å²) in [5, 5.41) is 9.22. The summed E-state index contributed by atoms with van der Waals surface area (Å²) in [6, 6.07) is 7.20. The maximum atomic E-state index is 12.8. The first-order valence-corrected chi connectivity index (χ1v) is 8.93. The summed E-state index contributed by atoms with van der Waals surface area (Å²) in [6.45, 7) is 3.69. The number of nitrogens with zero attached hydrogens (tertiary/aromatic N) is 1. The molecule has 6 nitrogen and oxygen atoms in total. The molecule has 2 fully saturated rings. The van der Waals surface area contributed by atoms with Crippen molar-refractivity contribution in [3.8, 4) is 5.75 Å². The second-order valence-electron chi connectivity index (χ2n) is 6.87. The molecule has 25 heavy (non-hydrogen) atoms. The van der Waals surface area contributed by atoms with Crippen LogP contribution in [0.1, 0.15) is 43.0 Å². The molecule has 1 aromatic carbocycles. The standard InChI is InChI=1S/C19H25NO5/c1-13-2-3-15(19(22)23)12-20(13)18(21)14-4-6-16(7-5-14)25-17-8-10-24-11-9-17/h4-7,13,15,17H,2-3,8-12H2,1H3,(H,22,23). The van der Waals surface area contributed by atoms with Gasteiger partial charge in [0.05, 0.1) is 19.1 Å². The molecular formula is C19H25NO5. The number of carboxylic acid groups (broad SMARTS) is 1. The highest BCUT2D eigenvalue weighted by Gasteiger charge is 2.32. The van der Waals surface area contributed by atoms with Crippen LogP contribution in [0.5, 0.6) is 5.75 Å². The average molecular weight is 347 g/mol. The van der Waals surface area contributed by atoms with Gasteiger partial charge in [-0.05, 0) is 44.0 Å². The Bertz CT molecular complexity index is 609. The molecule has 2 atom stereocenters. The van der Waals surface area contributed by atoms with Crippen LogP contribution in [0.3, 0.4) is 0 Å². The SMILES string of the molecule is CC1CCC(C(=O)O)CN1C(=O)c1ccc(OC2CCOCC2)cc1. The number of rotatable bonds is 4. The number of hydrogen-bond donors (Lipinski definition) is 1. The number of ether oxygens (including phenoxy) is 2. The first-order valence-electron chi connectivity index (χ1n) is 8.93. The van der Waals surface area contributed by atoms with E-state index in [-0.39, 0.29) is 24.6 Å². The molecule has 1 aromatic rings. The number of hydrogen-bond acceptors (Lipinski definition) is 4. The maximum absolute atomic E-state index is 12.8. The first-order chi connectivity index (χ1) is 12.0. The Balaban J connectivity index is 1.64. The molecule has 136 valence electrons. The van der Waals surface area contributed by atoms with Gasteiger partial charge in [-0.15, -0.1) is 0 Å². The molecule has 2 unspecified atom stereocenters. The summed E-state index contributed by atoms with van der Waals surface area (Å²) in [5.74, 6) is -0.671. The number of carbonyl (C=O) groups excluding carboxylic acids is 1. The third kappa shape index (κ3) is 4.31. The van der Waals surface area contributed by atoms with Gasteiger partial charge in [0, 0.05) is 31.0 Å². The van der Waals surface area contributed by atoms with E-state index >= 15 is 0 Å². The van der Waals surface area contributed by atoms with E-state index in [1.165, 1.54) is 0 Å². The van der Waals surface area contributed by atoms with Crippen molar-refractivity contribution < 1.29 is 24.2 Å². The highest BCUT2D eigenvalue weighted by Crippen LogP contribution is 2.25. The van der Waals surface area contributed by atoms with Gasteiger partial charge in [-0.1, -0.05) is 0 Å². The minimum absolute atomic E-state index is 0.0567. The van der Waals surface area contributed by atoms with Gasteiger partial charge in [0.15, 0.2) is 0 Å². The van der Waals surface area contributed by atoms with Gasteiger partial charge in [-0.2, -0.15) is 0 Å². The van der Waals surface area contributed by atoms with Crippen molar-refractivity contribution in [3.05, 3.63) is 29.8 Å². The van der Waals surface area contributed by atoms with Crippen LogP contribution < -0.4 is 4.74 Å². The average Bonchev–Trinajstić information content (AvgIpc) is 2.63. The van der Waals surface area contributed by atoms with Crippen LogP contribution in [0, 0.1) is 5.92 Å². The smallest absolute Gasteiger partial charge is 0.308 e. The normalized spacial score (nSPS) is 24.8. The molecule has 2 saturated heterocycles. The maximum Gasteiger partial charge on any atom is 0.308 e. The second-order valence-corrected chi connectivity index (χ2v) is 6.87. The Labute approximate surface area is 147 Å². The molecular weight excluding hydrogens is 322 g/mol. The Hall–Kier alpha value is -2.08. The topological polar surface area (TPSA) is 76.1 Å². The van der Waals surface area contributed by atoms with Gasteiger partial charge in [0.1, 0.15) is 11.9 Å². The zero-order valence-corrected chi connectivity index (χ0v) is 14.5. The summed E-state index contributed by atoms with van der Waals surface area (Å²) in [7, 11) is 0. The lowest BCUT2D eigenvalue weighted by Crippen LogP contribution is -2.47. The van der Waals surface area contributed by atoms with Crippen LogP contribution in [-0.2, 0) is 9.53 Å². The lowest BCUT2D eigenvalue weighted by atomic mass is 9.93. The van der Waals surface area contributed by atoms with Crippen LogP contribution in [0.15, 0.2) is 24.3 Å². The van der Waals surface area contributed by atoms with Gasteiger partial charge in [-0.25, -0.2) is 0 Å². The number of likely N-dealkylation sites (tertiary alicyclic amines) is 1. The fourth-order valence-electron chi connectivity index (χ4n) is 3.42. The first kappa shape index (κ1) is 17.7. The summed E-state index contributed by atoms with van der Waals surface area (Å²) < 4.78 is 11.2. The summed E-state index contributed by atoms with van der Waals surface area (Å²) in [5.41, 5.74) is 0.567. The van der Waals surface area contributed by atoms with Crippen molar-refractivity contribution in [3.63, 3.8) is 0 Å². The lowest BCUT2D eigenvalue weighted by Gasteiger charge is -2.36. The van der Waals surface area contributed by atoms with Gasteiger partial charge >= 0.3 is 5.97 Å². The Morgan fingerprint density at radius 1 is 1.12 bits per heavy atom. The zero-order chi connectivity index (χ0) is 17.8. The summed E-state index contributed by atoms with van der Waals surface area (Å²) >= 11 is 0. The summed E-state index contributed by atoms with van der Waals surface area (Å²) in [6.07, 6.45) is 3.26. The van der Waals surface area contributed by atoms with Gasteiger partial charge in [-0.3, -0.25) is 9.59 Å². The number of carboxylic acids is 1. The number of carbonyl (C=O) groups is 2. The predicted molar refractivity (Wildman–Crippen MR) is 91.8 cm³/mol. The van der Waals surface area contributed by atoms with Crippen molar-refractivity contribution in [2.45, 2.75) is 44.8 Å². The van der Waals surface area contributed by atoms with Crippen molar-refractivity contribution >= 4 is 11.9 Å². The van der Waals surface area contributed by atoms with E-state index in [9.17, 15) is 14.7 Å². The van der Waals surface area contributed by atoms with E-state index in [4.69, 9.17) is 9.47 Å². The van der Waals surface area contributed by atoms with Crippen molar-refractivity contribution in [2.24, 2.45) is 5.92 Å². The number of benzene rings is 1. The summed E-state index contributed by atoms with van der Waals surface area (Å²) in [4.78, 5) is 25.7. The van der Waals surface area contributed by atoms with Gasteiger partial charge < -0.3 is 19.5 Å². The third-order valence-corrected chi connectivity index (χ3v) is 5.06. The molecule has 0 bridgehead atoms. The fourth-order valence-corrected chi connectivity index (χ4v) is 3.42. The molecule has 0 aliphatic carbocycles. The van der Waals surface area contributed by atoms with E-state index < -0.39 is 11.9 Å². The molecule has 2 aliphatic heterocycles. The number of piperidine rings is 1. The quantitative estimate of drug-likeness (QED) is 0.906. The molecule has 3 rings (SSSR count). The predicted octanol–water partition coefficient (Wildman–Crippen LogP) is 2.57. The van der Waals surface area contributed by atoms with Gasteiger partial charge in [0.25, 0.3) is 5.91 Å². The second kappa shape index (κ2) is 7.87. The number of amides is 1. The number of aliphatic carboxylic acids is 1. The van der Waals surface area contributed by atoms with E-state index in [0.29, 0.717) is 18.4 Å². The molecule has 0 aromatic heterocycles.